The largest absolute Gasteiger partial charge is 0.507 e. The first-order valence-corrected chi connectivity index (χ1v) is 16.0. The molecule has 2 atom stereocenters. The van der Waals surface area contributed by atoms with Crippen LogP contribution in [0.5, 0.6) is 0 Å². The van der Waals surface area contributed by atoms with E-state index in [0.717, 1.165) is 42.7 Å². The van der Waals surface area contributed by atoms with Gasteiger partial charge in [-0.05, 0) is 65.6 Å². The number of aliphatic hydroxyl groups is 1. The van der Waals surface area contributed by atoms with E-state index in [9.17, 15) is 9.90 Å². The van der Waals surface area contributed by atoms with Crippen molar-refractivity contribution in [3.63, 3.8) is 0 Å². The van der Waals surface area contributed by atoms with Gasteiger partial charge in [-0.2, -0.15) is 0 Å². The molecule has 2 N–H and O–H groups in total. The quantitative estimate of drug-likeness (QED) is 0.205. The molecule has 0 aromatic heterocycles. The van der Waals surface area contributed by atoms with E-state index < -0.39 is 10.8 Å². The van der Waals surface area contributed by atoms with Gasteiger partial charge in [0, 0.05) is 49.1 Å². The topological polar surface area (TPSA) is 61.7 Å². The molecule has 43 heavy (non-hydrogen) atoms. The minimum absolute atomic E-state index is 0.0632. The van der Waals surface area contributed by atoms with Crippen LogP contribution >= 0.6 is 31.9 Å². The molecule has 2 aliphatic heterocycles. The maximum Gasteiger partial charge on any atom is 0.197 e. The Morgan fingerprint density at radius 1 is 0.837 bits per heavy atom. The van der Waals surface area contributed by atoms with Crippen molar-refractivity contribution < 1.29 is 9.90 Å². The fourth-order valence-corrected chi connectivity index (χ4v) is 7.47. The molecule has 0 fully saturated rings. The summed E-state index contributed by atoms with van der Waals surface area (Å²) in [5.74, 6) is -0.0610. The van der Waals surface area contributed by atoms with E-state index in [-0.39, 0.29) is 17.6 Å². The lowest BCUT2D eigenvalue weighted by Crippen LogP contribution is -2.40. The molecular weight excluding hydrogens is 664 g/mol. The average Bonchev–Trinajstić information content (AvgIpc) is 3.45. The summed E-state index contributed by atoms with van der Waals surface area (Å²) in [5, 5.41) is 15.4. The van der Waals surface area contributed by atoms with Crippen molar-refractivity contribution in [2.75, 3.05) is 5.32 Å². The Morgan fingerprint density at radius 3 is 2.09 bits per heavy atom. The number of anilines is 1. The van der Waals surface area contributed by atoms with E-state index in [1.54, 1.807) is 0 Å². The SMILES string of the molecule is CC1(C)C(/C(=C2\C(=O)C(CC3Nc4ccccc4C3(C)c3ccc(Br)cc3)=C2O)c2ccc(Br)cc2)=Nc2ccccc21. The van der Waals surface area contributed by atoms with E-state index in [1.165, 1.54) is 5.56 Å². The second-order valence-electron chi connectivity index (χ2n) is 12.2. The Labute approximate surface area is 268 Å². The molecule has 0 radical (unpaired) electrons. The molecule has 2 heterocycles. The van der Waals surface area contributed by atoms with Gasteiger partial charge in [-0.1, -0.05) is 106 Å². The third kappa shape index (κ3) is 4.29. The van der Waals surface area contributed by atoms with Crippen LogP contribution in [0.1, 0.15) is 49.4 Å². The van der Waals surface area contributed by atoms with Crippen molar-refractivity contribution in [2.45, 2.75) is 44.1 Å². The number of nitrogens with one attached hydrogen (secondary N) is 1. The van der Waals surface area contributed by atoms with Gasteiger partial charge in [-0.25, -0.2) is 0 Å². The third-order valence-corrected chi connectivity index (χ3v) is 10.5. The number of aliphatic imine (C=N–C) groups is 1. The molecule has 4 aromatic rings. The fraction of sp³-hybridized carbons (Fsp3) is 0.189. The number of aliphatic hydroxyl groups excluding tert-OH is 1. The molecule has 214 valence electrons. The van der Waals surface area contributed by atoms with E-state index >= 15 is 0 Å². The second kappa shape index (κ2) is 10.2. The number of Topliss-reactive ketones (excluding diaryl/α,β-unsaturated/α-hetero) is 1. The minimum Gasteiger partial charge on any atom is -0.507 e. The predicted molar refractivity (Wildman–Crippen MR) is 181 cm³/mol. The van der Waals surface area contributed by atoms with Crippen LogP contribution in [0.3, 0.4) is 0 Å². The molecular formula is C37H30Br2N2O2. The Hall–Kier alpha value is -3.74. The van der Waals surface area contributed by atoms with Crippen LogP contribution in [0.4, 0.5) is 11.4 Å². The number of nitrogens with zero attached hydrogens (tertiary/aromatic N) is 1. The first-order valence-electron chi connectivity index (χ1n) is 14.4. The number of halogens is 2. The number of fused-ring (bicyclic) bond motifs is 2. The summed E-state index contributed by atoms with van der Waals surface area (Å²) in [6, 6.07) is 32.5. The standard InChI is InChI=1S/C37H30Br2N2O2/c1-36(2)26-8-4-6-10-28(26)41-35(36)31(21-12-16-23(38)17-13-21)32-33(42)25(34(32)43)20-30-37(3,22-14-18-24(39)19-15-22)27-9-5-7-11-29(27)40-30/h4-19,30,40,42H,20H2,1-3H3/b32-31-. The van der Waals surface area contributed by atoms with Gasteiger partial charge in [-0.3, -0.25) is 9.79 Å². The Balaban J connectivity index is 1.34. The van der Waals surface area contributed by atoms with Gasteiger partial charge in [0.05, 0.1) is 17.0 Å². The van der Waals surface area contributed by atoms with Crippen molar-refractivity contribution in [1.82, 2.24) is 0 Å². The van der Waals surface area contributed by atoms with Crippen molar-refractivity contribution in [3.05, 3.63) is 145 Å². The van der Waals surface area contributed by atoms with Gasteiger partial charge in [0.1, 0.15) is 5.76 Å². The molecule has 0 saturated carbocycles. The van der Waals surface area contributed by atoms with Gasteiger partial charge in [-0.15, -0.1) is 0 Å². The molecule has 1 aliphatic carbocycles. The highest BCUT2D eigenvalue weighted by Gasteiger charge is 2.49. The van der Waals surface area contributed by atoms with Crippen LogP contribution in [0, 0.1) is 0 Å². The minimum atomic E-state index is -0.447. The molecule has 6 heteroatoms. The Morgan fingerprint density at radius 2 is 1.44 bits per heavy atom. The molecule has 0 spiro atoms. The van der Waals surface area contributed by atoms with Crippen molar-refractivity contribution in [3.8, 4) is 0 Å². The lowest BCUT2D eigenvalue weighted by Gasteiger charge is -2.36. The van der Waals surface area contributed by atoms with Gasteiger partial charge in [0.15, 0.2) is 5.78 Å². The van der Waals surface area contributed by atoms with Crippen LogP contribution in [-0.2, 0) is 15.6 Å². The highest BCUT2D eigenvalue weighted by atomic mass is 79.9. The van der Waals surface area contributed by atoms with E-state index in [0.29, 0.717) is 23.1 Å². The van der Waals surface area contributed by atoms with Crippen molar-refractivity contribution in [2.24, 2.45) is 4.99 Å². The monoisotopic (exact) mass is 692 g/mol. The van der Waals surface area contributed by atoms with Crippen LogP contribution in [0.25, 0.3) is 5.57 Å². The normalized spacial score (nSPS) is 22.9. The van der Waals surface area contributed by atoms with Gasteiger partial charge in [0.2, 0.25) is 0 Å². The summed E-state index contributed by atoms with van der Waals surface area (Å²) in [6.45, 7) is 6.48. The van der Waals surface area contributed by atoms with Gasteiger partial charge in [0.25, 0.3) is 0 Å². The van der Waals surface area contributed by atoms with Gasteiger partial charge >= 0.3 is 0 Å². The van der Waals surface area contributed by atoms with Crippen molar-refractivity contribution >= 4 is 60.3 Å². The zero-order valence-electron chi connectivity index (χ0n) is 24.1. The highest BCUT2D eigenvalue weighted by Crippen LogP contribution is 2.51. The predicted octanol–water partition coefficient (Wildman–Crippen LogP) is 9.61. The van der Waals surface area contributed by atoms with Crippen LogP contribution in [0.15, 0.2) is 128 Å². The number of allylic oxidation sites excluding steroid dienone is 2. The van der Waals surface area contributed by atoms with Crippen LogP contribution in [0.2, 0.25) is 0 Å². The zero-order valence-corrected chi connectivity index (χ0v) is 27.3. The first kappa shape index (κ1) is 28.1. The zero-order chi connectivity index (χ0) is 30.1. The molecule has 3 aliphatic rings. The smallest absolute Gasteiger partial charge is 0.197 e. The number of ketones is 1. The average molecular weight is 694 g/mol. The number of hydrogen-bond acceptors (Lipinski definition) is 4. The summed E-state index contributed by atoms with van der Waals surface area (Å²) in [6.07, 6.45) is 0.388. The molecule has 0 amide bonds. The molecule has 4 nitrogen and oxygen atoms in total. The molecule has 4 aromatic carbocycles. The Bertz CT molecular complexity index is 1900. The van der Waals surface area contributed by atoms with Crippen LogP contribution in [-0.4, -0.2) is 22.6 Å². The number of benzene rings is 4. The number of carbonyl (C=O) groups excluding carboxylic acids is 1. The summed E-state index contributed by atoms with van der Waals surface area (Å²) >= 11 is 7.10. The molecule has 2 unspecified atom stereocenters. The number of para-hydroxylation sites is 2. The van der Waals surface area contributed by atoms with E-state index in [1.807, 2.05) is 48.5 Å². The fourth-order valence-electron chi connectivity index (χ4n) is 6.94. The van der Waals surface area contributed by atoms with E-state index in [4.69, 9.17) is 4.99 Å². The lowest BCUT2D eigenvalue weighted by molar-refractivity contribution is -0.114. The number of rotatable bonds is 5. The maximum atomic E-state index is 14.2. The molecule has 7 rings (SSSR count). The lowest BCUT2D eigenvalue weighted by atomic mass is 9.68. The van der Waals surface area contributed by atoms with E-state index in [2.05, 4.69) is 106 Å². The summed E-state index contributed by atoms with van der Waals surface area (Å²) in [4.78, 5) is 19.2. The maximum absolute atomic E-state index is 14.2. The number of carbonyl (C=O) groups is 1. The van der Waals surface area contributed by atoms with Crippen molar-refractivity contribution in [1.29, 1.82) is 0 Å². The second-order valence-corrected chi connectivity index (χ2v) is 14.0. The summed E-state index contributed by atoms with van der Waals surface area (Å²) < 4.78 is 1.95. The first-order chi connectivity index (χ1) is 20.6. The number of hydrogen-bond donors (Lipinski definition) is 2. The summed E-state index contributed by atoms with van der Waals surface area (Å²) in [5.41, 5.74) is 7.66. The third-order valence-electron chi connectivity index (χ3n) is 9.41. The summed E-state index contributed by atoms with van der Waals surface area (Å²) in [7, 11) is 0. The molecule has 0 bridgehead atoms. The van der Waals surface area contributed by atoms with Crippen LogP contribution < -0.4 is 5.32 Å². The highest BCUT2D eigenvalue weighted by molar-refractivity contribution is 9.10. The molecule has 0 saturated heterocycles. The Kier molecular flexibility index (Phi) is 6.64. The van der Waals surface area contributed by atoms with Gasteiger partial charge < -0.3 is 10.4 Å².